The van der Waals surface area contributed by atoms with Crippen molar-refractivity contribution in [3.63, 3.8) is 0 Å². The number of benzene rings is 5. The molecule has 196 valence electrons. The summed E-state index contributed by atoms with van der Waals surface area (Å²) in [7, 11) is 0. The van der Waals surface area contributed by atoms with E-state index in [9.17, 15) is 5.11 Å². The van der Waals surface area contributed by atoms with E-state index in [0.29, 0.717) is 31.3 Å². The summed E-state index contributed by atoms with van der Waals surface area (Å²) >= 11 is 0. The zero-order valence-corrected chi connectivity index (χ0v) is 21.8. The third-order valence-electron chi connectivity index (χ3n) is 6.51. The molecule has 0 saturated carbocycles. The Hall–Kier alpha value is -4.54. The lowest BCUT2D eigenvalue weighted by Gasteiger charge is -2.19. The molecule has 0 radical (unpaired) electrons. The van der Waals surface area contributed by atoms with Crippen LogP contribution in [0.2, 0.25) is 0 Å². The molecule has 4 heteroatoms. The molecule has 5 rings (SSSR count). The molecule has 0 aromatic heterocycles. The van der Waals surface area contributed by atoms with Crippen LogP contribution in [0.15, 0.2) is 133 Å². The number of aliphatic hydroxyl groups is 1. The van der Waals surface area contributed by atoms with Crippen molar-refractivity contribution in [2.45, 2.75) is 25.7 Å². The normalized spacial score (nSPS) is 11.5. The van der Waals surface area contributed by atoms with Gasteiger partial charge in [0.1, 0.15) is 37.1 Å². The van der Waals surface area contributed by atoms with Crippen molar-refractivity contribution < 1.29 is 19.3 Å². The molecule has 1 atom stereocenters. The zero-order valence-electron chi connectivity index (χ0n) is 21.8. The maximum absolute atomic E-state index is 10.4. The average molecular weight is 517 g/mol. The van der Waals surface area contributed by atoms with Crippen molar-refractivity contribution in [1.82, 2.24) is 0 Å². The molecule has 0 aliphatic rings. The minimum absolute atomic E-state index is 0.0511. The predicted octanol–water partition coefficient (Wildman–Crippen LogP) is 7.55. The monoisotopic (exact) mass is 516 g/mol. The van der Waals surface area contributed by atoms with Gasteiger partial charge in [0, 0.05) is 12.0 Å². The summed E-state index contributed by atoms with van der Waals surface area (Å²) in [6, 6.07) is 44.0. The molecule has 0 bridgehead atoms. The van der Waals surface area contributed by atoms with E-state index < -0.39 is 0 Å². The highest BCUT2D eigenvalue weighted by Crippen LogP contribution is 2.33. The topological polar surface area (TPSA) is 47.9 Å². The lowest BCUT2D eigenvalue weighted by atomic mass is 9.91. The number of rotatable bonds is 12. The van der Waals surface area contributed by atoms with Crippen LogP contribution in [0.25, 0.3) is 0 Å². The first kappa shape index (κ1) is 26.1. The lowest BCUT2D eigenvalue weighted by molar-refractivity contribution is 0.275. The van der Waals surface area contributed by atoms with Gasteiger partial charge >= 0.3 is 0 Å². The summed E-state index contributed by atoms with van der Waals surface area (Å²) < 4.78 is 18.3. The quantitative estimate of drug-likeness (QED) is 0.186. The van der Waals surface area contributed by atoms with Gasteiger partial charge in [-0.15, -0.1) is 0 Å². The molecule has 39 heavy (non-hydrogen) atoms. The minimum Gasteiger partial charge on any atom is -0.489 e. The summed E-state index contributed by atoms with van der Waals surface area (Å²) in [5.41, 5.74) is 5.19. The van der Waals surface area contributed by atoms with Crippen LogP contribution in [0.4, 0.5) is 0 Å². The average Bonchev–Trinajstić information content (AvgIpc) is 3.00. The zero-order chi connectivity index (χ0) is 26.7. The van der Waals surface area contributed by atoms with Gasteiger partial charge < -0.3 is 19.3 Å². The first-order valence-corrected chi connectivity index (χ1v) is 13.1. The largest absolute Gasteiger partial charge is 0.489 e. The molecular formula is C35H32O4. The molecule has 0 saturated heterocycles. The first-order chi connectivity index (χ1) is 19.3. The molecule has 1 N–H and O–H groups in total. The molecule has 0 amide bonds. The molecule has 0 aliphatic heterocycles. The van der Waals surface area contributed by atoms with Gasteiger partial charge in [-0.05, 0) is 52.1 Å². The maximum Gasteiger partial charge on any atom is 0.123 e. The molecule has 5 aromatic rings. The van der Waals surface area contributed by atoms with E-state index in [0.717, 1.165) is 33.6 Å². The van der Waals surface area contributed by atoms with Crippen LogP contribution in [-0.4, -0.2) is 11.7 Å². The van der Waals surface area contributed by atoms with Crippen molar-refractivity contribution >= 4 is 0 Å². The number of aliphatic hydroxyl groups excluding tert-OH is 1. The smallest absolute Gasteiger partial charge is 0.123 e. The third kappa shape index (κ3) is 7.50. The number of hydrogen-bond acceptors (Lipinski definition) is 4. The van der Waals surface area contributed by atoms with Gasteiger partial charge in [0.25, 0.3) is 0 Å². The molecule has 4 nitrogen and oxygen atoms in total. The van der Waals surface area contributed by atoms with Crippen molar-refractivity contribution in [3.05, 3.63) is 161 Å². The highest BCUT2D eigenvalue weighted by atomic mass is 16.5. The van der Waals surface area contributed by atoms with E-state index in [1.54, 1.807) is 0 Å². The second-order valence-electron chi connectivity index (χ2n) is 9.36. The molecule has 0 fully saturated rings. The first-order valence-electron chi connectivity index (χ1n) is 13.1. The van der Waals surface area contributed by atoms with E-state index in [1.165, 1.54) is 0 Å². The summed E-state index contributed by atoms with van der Waals surface area (Å²) in [6.45, 7) is 1.34. The van der Waals surface area contributed by atoms with E-state index in [2.05, 4.69) is 0 Å². The van der Waals surface area contributed by atoms with Crippen LogP contribution in [-0.2, 0) is 19.8 Å². The Bertz CT molecular complexity index is 1360. The van der Waals surface area contributed by atoms with Gasteiger partial charge in [0.05, 0.1) is 6.61 Å². The Labute approximate surface area is 230 Å². The SMILES string of the molecule is OCC(c1ccc(OCc2ccccc2)cc1)c1cc(OCc2ccccc2)cc(OCc2ccccc2)c1. The molecule has 1 unspecified atom stereocenters. The molecule has 0 aliphatic carbocycles. The van der Waals surface area contributed by atoms with Gasteiger partial charge in [-0.1, -0.05) is 103 Å². The van der Waals surface area contributed by atoms with Crippen molar-refractivity contribution in [2.24, 2.45) is 0 Å². The number of hydrogen-bond donors (Lipinski definition) is 1. The summed E-state index contributed by atoms with van der Waals surface area (Å²) in [4.78, 5) is 0. The Kier molecular flexibility index (Phi) is 8.90. The second kappa shape index (κ2) is 13.3. The lowest BCUT2D eigenvalue weighted by Crippen LogP contribution is -2.08. The molecular weight excluding hydrogens is 484 g/mol. The Morgan fingerprint density at radius 1 is 0.436 bits per heavy atom. The van der Waals surface area contributed by atoms with Gasteiger partial charge in [0.15, 0.2) is 0 Å². The third-order valence-corrected chi connectivity index (χ3v) is 6.51. The van der Waals surface area contributed by atoms with Gasteiger partial charge in [0.2, 0.25) is 0 Å². The highest BCUT2D eigenvalue weighted by molar-refractivity contribution is 5.44. The highest BCUT2D eigenvalue weighted by Gasteiger charge is 2.17. The maximum atomic E-state index is 10.4. The van der Waals surface area contributed by atoms with Crippen molar-refractivity contribution in [1.29, 1.82) is 0 Å². The number of ether oxygens (including phenoxy) is 3. The molecule has 0 heterocycles. The van der Waals surface area contributed by atoms with Crippen LogP contribution in [0, 0.1) is 0 Å². The predicted molar refractivity (Wildman–Crippen MR) is 154 cm³/mol. The van der Waals surface area contributed by atoms with Crippen LogP contribution in [0.5, 0.6) is 17.2 Å². The fraction of sp³-hybridized carbons (Fsp3) is 0.143. The van der Waals surface area contributed by atoms with Gasteiger partial charge in [-0.3, -0.25) is 0 Å². The fourth-order valence-electron chi connectivity index (χ4n) is 4.38. The van der Waals surface area contributed by atoms with Gasteiger partial charge in [-0.25, -0.2) is 0 Å². The van der Waals surface area contributed by atoms with Crippen molar-refractivity contribution in [2.75, 3.05) is 6.61 Å². The van der Waals surface area contributed by atoms with Crippen LogP contribution >= 0.6 is 0 Å². The van der Waals surface area contributed by atoms with Crippen LogP contribution in [0.1, 0.15) is 33.7 Å². The Morgan fingerprint density at radius 2 is 0.846 bits per heavy atom. The van der Waals surface area contributed by atoms with Crippen LogP contribution in [0.3, 0.4) is 0 Å². The second-order valence-corrected chi connectivity index (χ2v) is 9.36. The Balaban J connectivity index is 1.35. The van der Waals surface area contributed by atoms with Gasteiger partial charge in [-0.2, -0.15) is 0 Å². The van der Waals surface area contributed by atoms with Crippen molar-refractivity contribution in [3.8, 4) is 17.2 Å². The van der Waals surface area contributed by atoms with E-state index in [4.69, 9.17) is 14.2 Å². The van der Waals surface area contributed by atoms with E-state index >= 15 is 0 Å². The summed E-state index contributed by atoms with van der Waals surface area (Å²) in [5, 5.41) is 10.4. The summed E-state index contributed by atoms with van der Waals surface area (Å²) in [5.74, 6) is 1.93. The molecule has 5 aromatic carbocycles. The minimum atomic E-state index is -0.243. The van der Waals surface area contributed by atoms with E-state index in [1.807, 2.05) is 133 Å². The molecule has 0 spiro atoms. The Morgan fingerprint density at radius 3 is 1.26 bits per heavy atom. The standard InChI is InChI=1S/C35H32O4/c36-23-35(30-16-18-32(19-17-30)37-24-27-10-4-1-5-11-27)31-20-33(38-25-28-12-6-2-7-13-28)22-34(21-31)39-26-29-14-8-3-9-15-29/h1-22,35-36H,23-26H2. The summed E-state index contributed by atoms with van der Waals surface area (Å²) in [6.07, 6.45) is 0. The van der Waals surface area contributed by atoms with Crippen LogP contribution < -0.4 is 14.2 Å². The fourth-order valence-corrected chi connectivity index (χ4v) is 4.38. The van der Waals surface area contributed by atoms with E-state index in [-0.39, 0.29) is 12.5 Å².